The predicted octanol–water partition coefficient (Wildman–Crippen LogP) is -9.86. The number of nitrogens with one attached hydrogen (secondary N) is 2. The van der Waals surface area contributed by atoms with E-state index in [4.69, 9.17) is 10.5 Å². The second kappa shape index (κ2) is 27.9. The molecule has 2 aromatic rings. The van der Waals surface area contributed by atoms with E-state index in [0.717, 1.165) is 61.1 Å². The molecule has 0 spiro atoms. The molecule has 3 heterocycles. The van der Waals surface area contributed by atoms with Crippen molar-refractivity contribution in [3.05, 3.63) is 12.7 Å². The minimum Gasteiger partial charge on any atom is -0.756 e. The molecule has 24 nitrogen and oxygen atoms in total. The van der Waals surface area contributed by atoms with E-state index in [-0.39, 0.29) is 130 Å². The average molecular weight is 960 g/mol. The number of rotatable bonds is 25. The van der Waals surface area contributed by atoms with Gasteiger partial charge in [-0.15, -0.1) is 0 Å². The first-order valence-corrected chi connectivity index (χ1v) is 23.0. The second-order valence-corrected chi connectivity index (χ2v) is 18.6. The summed E-state index contributed by atoms with van der Waals surface area (Å²) < 4.78 is 60.9. The number of hydrogen-bond acceptors (Lipinski definition) is 21. The number of aliphatic hydroxyl groups excluding tert-OH is 2. The van der Waals surface area contributed by atoms with Crippen LogP contribution in [-0.4, -0.2) is 108 Å². The Balaban J connectivity index is 0.0000116. The molecule has 31 heteroatoms. The largest absolute Gasteiger partial charge is 1.00 e. The van der Waals surface area contributed by atoms with Crippen LogP contribution in [0.15, 0.2) is 12.7 Å². The van der Waals surface area contributed by atoms with Gasteiger partial charge in [-0.3, -0.25) is 32.6 Å². The number of phosphoric acid groups is 3. The van der Waals surface area contributed by atoms with E-state index in [1.165, 1.54) is 13.8 Å². The van der Waals surface area contributed by atoms with Crippen LogP contribution in [0.4, 0.5) is 5.82 Å². The number of nitrogens with two attached hydrogens (primary N) is 1. The van der Waals surface area contributed by atoms with Crippen molar-refractivity contribution in [2.24, 2.45) is 5.41 Å². The number of aromatic nitrogens is 4. The molecule has 1 aliphatic heterocycles. The van der Waals surface area contributed by atoms with Gasteiger partial charge in [-0.05, 0) is 6.42 Å². The summed E-state index contributed by atoms with van der Waals surface area (Å²) in [4.78, 5) is 94.1. The van der Waals surface area contributed by atoms with Crippen molar-refractivity contribution in [1.29, 1.82) is 0 Å². The molecule has 1 saturated heterocycles. The van der Waals surface area contributed by atoms with Gasteiger partial charge in [-0.25, -0.2) is 19.3 Å². The second-order valence-electron chi connectivity index (χ2n) is 13.4. The van der Waals surface area contributed by atoms with Crippen LogP contribution in [0.3, 0.4) is 0 Å². The van der Waals surface area contributed by atoms with Crippen LogP contribution < -0.4 is 120 Å². The first-order valence-electron chi connectivity index (χ1n) is 17.5. The van der Waals surface area contributed by atoms with Crippen LogP contribution in [0, 0.1) is 5.41 Å². The van der Waals surface area contributed by atoms with Crippen LogP contribution in [0.25, 0.3) is 11.2 Å². The maximum atomic E-state index is 12.5. The van der Waals surface area contributed by atoms with E-state index in [2.05, 4.69) is 50.4 Å². The molecule has 0 saturated carbocycles. The van der Waals surface area contributed by atoms with E-state index in [0.29, 0.717) is 12.2 Å². The molecule has 3 rings (SSSR count). The van der Waals surface area contributed by atoms with Gasteiger partial charge in [0.05, 0.1) is 19.5 Å². The van der Waals surface area contributed by atoms with E-state index in [1.807, 2.05) is 0 Å². The normalized spacial score (nSPS) is 21.2. The molecular weight excluding hydrogens is 912 g/mol. The molecule has 1 aliphatic rings. The van der Waals surface area contributed by atoms with Gasteiger partial charge < -0.3 is 64.5 Å². The molecule has 1 fully saturated rings. The van der Waals surface area contributed by atoms with Crippen LogP contribution in [0.2, 0.25) is 0 Å². The molecule has 0 radical (unpaired) electrons. The van der Waals surface area contributed by atoms with E-state index >= 15 is 0 Å². The van der Waals surface area contributed by atoms with Crippen LogP contribution >= 0.6 is 35.2 Å². The van der Waals surface area contributed by atoms with E-state index in [9.17, 15) is 57.9 Å². The molecule has 2 aromatic heterocycles. The maximum Gasteiger partial charge on any atom is 1.00 e. The summed E-state index contributed by atoms with van der Waals surface area (Å²) in [5, 5.41) is 26.3. The number of unbranched alkanes of at least 4 members (excludes halogenated alkanes) is 4. The first kappa shape index (κ1) is 60.6. The van der Waals surface area contributed by atoms with Crippen molar-refractivity contribution >= 4 is 69.1 Å². The number of imidazole rings is 1. The third kappa shape index (κ3) is 20.4. The molecule has 8 atom stereocenters. The predicted molar refractivity (Wildman–Crippen MR) is 194 cm³/mol. The van der Waals surface area contributed by atoms with Crippen molar-refractivity contribution in [2.75, 3.05) is 37.8 Å². The Morgan fingerprint density at radius 1 is 1.00 bits per heavy atom. The molecule has 0 aliphatic carbocycles. The number of amides is 2. The standard InChI is InChI=1S/C29H50N7O17P3S.3Na/c1-4-5-6-7-8-9-20(38)57-13-12-31-19(37)10-11-32-27(41)24(40)29(2,3)15-50-56(47,48)53-55(45,46)49-14-18-23(52-54(42,43)44)22(39)28(51-18)36-17-35-21-25(30)33-16-34-26(21)36;;;/h16-18,22-24,28,39-40H,4-15H2,1-3H3,(H,31,37)(H,32,41)(H,45,46)(H,47,48)(H2,30,33,34)(H2,42,43,44);;;/q;3*+1/p-3. The van der Waals surface area contributed by atoms with Crippen molar-refractivity contribution in [2.45, 2.75) is 96.4 Å². The summed E-state index contributed by atoms with van der Waals surface area (Å²) in [6, 6.07) is 0. The number of fused-ring (bicyclic) bond motifs is 1. The molecule has 2 amide bonds. The summed E-state index contributed by atoms with van der Waals surface area (Å²) in [5.41, 5.74) is 4.12. The Morgan fingerprint density at radius 3 is 2.30 bits per heavy atom. The maximum absolute atomic E-state index is 12.5. The van der Waals surface area contributed by atoms with Gasteiger partial charge in [0.2, 0.25) is 11.8 Å². The fraction of sp³-hybridized carbons (Fsp3) is 0.724. The average Bonchev–Trinajstić information content (AvgIpc) is 3.68. The number of phosphoric ester groups is 3. The van der Waals surface area contributed by atoms with Crippen molar-refractivity contribution in [3.63, 3.8) is 0 Å². The molecular formula is C29H47N7Na3O17P3S. The Kier molecular flexibility index (Phi) is 28.2. The summed E-state index contributed by atoms with van der Waals surface area (Å²) in [6.45, 7) is 2.32. The first-order chi connectivity index (χ1) is 26.6. The Bertz CT molecular complexity index is 1830. The smallest absolute Gasteiger partial charge is 0.756 e. The summed E-state index contributed by atoms with van der Waals surface area (Å²) in [7, 11) is -17.3. The number of anilines is 1. The number of thioether (sulfide) groups is 1. The minimum absolute atomic E-state index is 0. The summed E-state index contributed by atoms with van der Waals surface area (Å²) >= 11 is 1.12. The number of carbonyl (C=O) groups is 3. The van der Waals surface area contributed by atoms with Gasteiger partial charge in [-0.1, -0.05) is 58.2 Å². The monoisotopic (exact) mass is 959 g/mol. The van der Waals surface area contributed by atoms with E-state index in [1.54, 1.807) is 0 Å². The van der Waals surface area contributed by atoms with Crippen LogP contribution in [-0.2, 0) is 50.7 Å². The molecule has 324 valence electrons. The minimum atomic E-state index is -5.89. The number of nitrogens with zero attached hydrogens (tertiary/aromatic N) is 4. The zero-order valence-corrected chi connectivity index (χ0v) is 43.7. The van der Waals surface area contributed by atoms with Crippen molar-refractivity contribution in [3.8, 4) is 0 Å². The third-order valence-electron chi connectivity index (χ3n) is 8.23. The molecule has 60 heavy (non-hydrogen) atoms. The third-order valence-corrected chi connectivity index (χ3v) is 12.2. The van der Waals surface area contributed by atoms with Gasteiger partial charge in [0, 0.05) is 37.1 Å². The Hall–Kier alpha value is 0.560. The number of nitrogen functional groups attached to an aromatic ring is 1. The molecule has 7 N–H and O–H groups in total. The zero-order chi connectivity index (χ0) is 42.6. The van der Waals surface area contributed by atoms with Crippen LogP contribution in [0.5, 0.6) is 0 Å². The molecule has 0 aromatic carbocycles. The fourth-order valence-corrected chi connectivity index (χ4v) is 8.69. The summed E-state index contributed by atoms with van der Waals surface area (Å²) in [6.07, 6.45) is -1.73. The number of carbonyl (C=O) groups excluding carboxylic acids is 3. The van der Waals surface area contributed by atoms with Gasteiger partial charge in [-0.2, -0.15) is 0 Å². The quantitative estimate of drug-likeness (QED) is 0.0306. The molecule has 0 bridgehead atoms. The Morgan fingerprint density at radius 2 is 1.65 bits per heavy atom. The van der Waals surface area contributed by atoms with Gasteiger partial charge in [0.25, 0.3) is 23.5 Å². The number of ether oxygens (including phenoxy) is 1. The fourth-order valence-electron chi connectivity index (χ4n) is 5.22. The van der Waals surface area contributed by atoms with Gasteiger partial charge in [0.1, 0.15) is 36.3 Å². The van der Waals surface area contributed by atoms with Crippen molar-refractivity contribution < 1.29 is 169 Å². The summed E-state index contributed by atoms with van der Waals surface area (Å²) in [5.74, 6) is -1.12. The number of aliphatic hydroxyl groups is 2. The number of hydrogen-bond donors (Lipinski definition) is 6. The zero-order valence-electron chi connectivity index (χ0n) is 34.2. The molecule has 8 unspecified atom stereocenters. The van der Waals surface area contributed by atoms with Gasteiger partial charge >= 0.3 is 88.7 Å². The SMILES string of the molecule is CCCCCCCC(=O)SCCNC(=O)CCNC(=O)C(O)C(C)(C)COP(=O)([O-])OP(=O)([O-])OCC1OC(n2cnc3c(N)ncnc32)C(O)C1OP(=O)([O-])O.[Na+].[Na+].[Na+]. The van der Waals surface area contributed by atoms with Gasteiger partial charge in [0.15, 0.2) is 22.8 Å². The Labute approximate surface area is 416 Å². The van der Waals surface area contributed by atoms with Crippen molar-refractivity contribution in [1.82, 2.24) is 30.2 Å². The van der Waals surface area contributed by atoms with E-state index < -0.39 is 84.6 Å². The van der Waals surface area contributed by atoms with Crippen LogP contribution in [0.1, 0.15) is 71.9 Å². The topological polar surface area (TPSA) is 372 Å².